The third kappa shape index (κ3) is 1.33. The molecule has 0 amide bonds. The van der Waals surface area contributed by atoms with E-state index in [1.165, 1.54) is 27.9 Å². The van der Waals surface area contributed by atoms with Gasteiger partial charge in [0.2, 0.25) is 0 Å². The molecule has 0 saturated carbocycles. The SMILES string of the molecule is C=C1C(C)=CC=C1C1=CC(C)=CC1. The van der Waals surface area contributed by atoms with E-state index in [1.807, 2.05) is 0 Å². The number of allylic oxidation sites excluding steroid dienone is 9. The van der Waals surface area contributed by atoms with Gasteiger partial charge < -0.3 is 0 Å². The average Bonchev–Trinajstić information content (AvgIpc) is 2.62. The van der Waals surface area contributed by atoms with Crippen molar-refractivity contribution in [2.24, 2.45) is 0 Å². The second-order valence-electron chi connectivity index (χ2n) is 3.73. The summed E-state index contributed by atoms with van der Waals surface area (Å²) in [5.74, 6) is 0. The molecular formula is C13H14. The molecule has 0 unspecified atom stereocenters. The standard InChI is InChI=1S/C13H14/c1-9-4-6-12(8-9)13-7-5-10(2)11(13)3/h4-5,7-8H,3,6H2,1-2H3. The summed E-state index contributed by atoms with van der Waals surface area (Å²) >= 11 is 0. The normalized spacial score (nSPS) is 21.2. The molecule has 0 fully saturated rings. The van der Waals surface area contributed by atoms with Crippen LogP contribution in [0.15, 0.2) is 58.7 Å². The molecule has 0 radical (unpaired) electrons. The Kier molecular flexibility index (Phi) is 1.84. The van der Waals surface area contributed by atoms with Gasteiger partial charge in [0.15, 0.2) is 0 Å². The second kappa shape index (κ2) is 2.88. The molecule has 0 aromatic carbocycles. The first-order valence-corrected chi connectivity index (χ1v) is 4.64. The summed E-state index contributed by atoms with van der Waals surface area (Å²) in [6.07, 6.45) is 9.90. The molecule has 0 aliphatic heterocycles. The van der Waals surface area contributed by atoms with Gasteiger partial charge in [-0.3, -0.25) is 0 Å². The van der Waals surface area contributed by atoms with Crippen molar-refractivity contribution in [3.8, 4) is 0 Å². The lowest BCUT2D eigenvalue weighted by Gasteiger charge is -2.06. The second-order valence-corrected chi connectivity index (χ2v) is 3.73. The van der Waals surface area contributed by atoms with Crippen molar-refractivity contribution in [3.63, 3.8) is 0 Å². The Hall–Kier alpha value is -1.30. The Morgan fingerprint density at radius 2 is 2.00 bits per heavy atom. The Morgan fingerprint density at radius 3 is 2.46 bits per heavy atom. The Balaban J connectivity index is 2.24. The predicted octanol–water partition coefficient (Wildman–Crippen LogP) is 3.71. The maximum atomic E-state index is 4.09. The maximum Gasteiger partial charge on any atom is -0.00855 e. The van der Waals surface area contributed by atoms with Crippen LogP contribution in [0.2, 0.25) is 0 Å². The highest BCUT2D eigenvalue weighted by Crippen LogP contribution is 2.34. The van der Waals surface area contributed by atoms with Gasteiger partial charge in [0.05, 0.1) is 0 Å². The van der Waals surface area contributed by atoms with Gasteiger partial charge in [-0.2, -0.15) is 0 Å². The highest BCUT2D eigenvalue weighted by molar-refractivity contribution is 5.63. The zero-order valence-corrected chi connectivity index (χ0v) is 8.22. The molecule has 0 heterocycles. The summed E-state index contributed by atoms with van der Waals surface area (Å²) in [5, 5.41) is 0. The van der Waals surface area contributed by atoms with Crippen LogP contribution >= 0.6 is 0 Å². The van der Waals surface area contributed by atoms with E-state index in [2.05, 4.69) is 44.7 Å². The van der Waals surface area contributed by atoms with E-state index in [4.69, 9.17) is 0 Å². The summed E-state index contributed by atoms with van der Waals surface area (Å²) in [5.41, 5.74) is 6.59. The van der Waals surface area contributed by atoms with Crippen LogP contribution in [0, 0.1) is 0 Å². The third-order valence-electron chi connectivity index (χ3n) is 2.69. The molecule has 0 spiro atoms. The van der Waals surface area contributed by atoms with Crippen molar-refractivity contribution in [1.82, 2.24) is 0 Å². The highest BCUT2D eigenvalue weighted by Gasteiger charge is 2.15. The Bertz CT molecular complexity index is 384. The van der Waals surface area contributed by atoms with Crippen molar-refractivity contribution < 1.29 is 0 Å². The van der Waals surface area contributed by atoms with Gasteiger partial charge in [0.1, 0.15) is 0 Å². The quantitative estimate of drug-likeness (QED) is 0.562. The molecule has 0 nitrogen and oxygen atoms in total. The smallest absolute Gasteiger partial charge is 0.00855 e. The van der Waals surface area contributed by atoms with E-state index in [-0.39, 0.29) is 0 Å². The molecule has 0 atom stereocenters. The van der Waals surface area contributed by atoms with Gasteiger partial charge in [-0.25, -0.2) is 0 Å². The fraction of sp³-hybridized carbons (Fsp3) is 0.231. The van der Waals surface area contributed by atoms with Crippen molar-refractivity contribution in [1.29, 1.82) is 0 Å². The highest BCUT2D eigenvalue weighted by atomic mass is 14.2. The van der Waals surface area contributed by atoms with Crippen molar-refractivity contribution in [2.45, 2.75) is 20.3 Å². The topological polar surface area (TPSA) is 0 Å². The summed E-state index contributed by atoms with van der Waals surface area (Å²) < 4.78 is 0. The number of hydrogen-bond donors (Lipinski definition) is 0. The molecular weight excluding hydrogens is 156 g/mol. The largest absolute Gasteiger partial charge is 0.0909 e. The zero-order chi connectivity index (χ0) is 9.42. The van der Waals surface area contributed by atoms with E-state index in [1.54, 1.807) is 0 Å². The minimum Gasteiger partial charge on any atom is -0.0909 e. The lowest BCUT2D eigenvalue weighted by molar-refractivity contribution is 1.26. The van der Waals surface area contributed by atoms with Crippen molar-refractivity contribution in [2.75, 3.05) is 0 Å². The van der Waals surface area contributed by atoms with E-state index < -0.39 is 0 Å². The molecule has 66 valence electrons. The van der Waals surface area contributed by atoms with Gasteiger partial charge in [-0.15, -0.1) is 0 Å². The molecule has 0 aromatic rings. The fourth-order valence-corrected chi connectivity index (χ4v) is 1.77. The van der Waals surface area contributed by atoms with E-state index in [0.29, 0.717) is 0 Å². The van der Waals surface area contributed by atoms with Gasteiger partial charge in [0, 0.05) is 0 Å². The van der Waals surface area contributed by atoms with Crippen LogP contribution in [-0.2, 0) is 0 Å². The van der Waals surface area contributed by atoms with E-state index in [0.717, 1.165) is 6.42 Å². The van der Waals surface area contributed by atoms with E-state index in [9.17, 15) is 0 Å². The monoisotopic (exact) mass is 170 g/mol. The zero-order valence-electron chi connectivity index (χ0n) is 8.22. The van der Waals surface area contributed by atoms with Crippen molar-refractivity contribution >= 4 is 0 Å². The van der Waals surface area contributed by atoms with Gasteiger partial charge in [-0.05, 0) is 42.6 Å². The van der Waals surface area contributed by atoms with Crippen LogP contribution in [0.5, 0.6) is 0 Å². The molecule has 2 aliphatic rings. The van der Waals surface area contributed by atoms with Crippen LogP contribution in [0.4, 0.5) is 0 Å². The molecule has 2 aliphatic carbocycles. The summed E-state index contributed by atoms with van der Waals surface area (Å²) in [6, 6.07) is 0. The first-order chi connectivity index (χ1) is 6.18. The minimum absolute atomic E-state index is 1.07. The molecule has 0 saturated heterocycles. The van der Waals surface area contributed by atoms with E-state index >= 15 is 0 Å². The molecule has 0 N–H and O–H groups in total. The van der Waals surface area contributed by atoms with Gasteiger partial charge in [0.25, 0.3) is 0 Å². The molecule has 2 rings (SSSR count). The molecule has 13 heavy (non-hydrogen) atoms. The average molecular weight is 170 g/mol. The number of hydrogen-bond acceptors (Lipinski definition) is 0. The minimum atomic E-state index is 1.07. The lowest BCUT2D eigenvalue weighted by atomic mass is 9.98. The Labute approximate surface area is 79.7 Å². The van der Waals surface area contributed by atoms with Crippen LogP contribution < -0.4 is 0 Å². The lowest BCUT2D eigenvalue weighted by Crippen LogP contribution is -1.88. The molecule has 0 bridgehead atoms. The molecule has 0 aromatic heterocycles. The Morgan fingerprint density at radius 1 is 1.23 bits per heavy atom. The summed E-state index contributed by atoms with van der Waals surface area (Å²) in [6.45, 7) is 8.34. The summed E-state index contributed by atoms with van der Waals surface area (Å²) in [7, 11) is 0. The van der Waals surface area contributed by atoms with Crippen LogP contribution in [0.3, 0.4) is 0 Å². The number of rotatable bonds is 1. The van der Waals surface area contributed by atoms with Crippen LogP contribution in [-0.4, -0.2) is 0 Å². The fourth-order valence-electron chi connectivity index (χ4n) is 1.77. The van der Waals surface area contributed by atoms with Crippen LogP contribution in [0.1, 0.15) is 20.3 Å². The maximum absolute atomic E-state index is 4.09. The van der Waals surface area contributed by atoms with Crippen LogP contribution in [0.25, 0.3) is 0 Å². The third-order valence-corrected chi connectivity index (χ3v) is 2.69. The predicted molar refractivity (Wildman–Crippen MR) is 57.4 cm³/mol. The molecule has 0 heteroatoms. The first-order valence-electron chi connectivity index (χ1n) is 4.64. The first kappa shape index (κ1) is 8.31. The van der Waals surface area contributed by atoms with Gasteiger partial charge in [-0.1, -0.05) is 36.5 Å². The van der Waals surface area contributed by atoms with Crippen molar-refractivity contribution in [3.05, 3.63) is 58.7 Å². The summed E-state index contributed by atoms with van der Waals surface area (Å²) in [4.78, 5) is 0. The van der Waals surface area contributed by atoms with Gasteiger partial charge >= 0.3 is 0 Å².